The van der Waals surface area contributed by atoms with E-state index in [0.717, 1.165) is 35.5 Å². The van der Waals surface area contributed by atoms with Crippen LogP contribution in [-0.4, -0.2) is 23.6 Å². The van der Waals surface area contributed by atoms with Crippen LogP contribution in [0.25, 0.3) is 5.53 Å². The first-order valence-electron chi connectivity index (χ1n) is 9.53. The second-order valence-corrected chi connectivity index (χ2v) is 6.07. The Morgan fingerprint density at radius 1 is 0.786 bits per heavy atom. The molecular weight excluding hydrogens is 346 g/mol. The number of ether oxygens (including phenoxy) is 1. The number of hydrogen-bond donors (Lipinski definition) is 1. The fraction of sp³-hybridized carbons (Fsp3) is 0.208. The van der Waals surface area contributed by atoms with Crippen LogP contribution in [0.4, 0.5) is 0 Å². The molecule has 0 aliphatic rings. The van der Waals surface area contributed by atoms with Crippen LogP contribution in [0.15, 0.2) is 84.9 Å². The first-order chi connectivity index (χ1) is 13.8. The Bertz CT molecular complexity index is 853. The van der Waals surface area contributed by atoms with E-state index in [-0.39, 0.29) is 0 Å². The number of rotatable bonds is 7. The average molecular weight is 374 g/mol. The van der Waals surface area contributed by atoms with E-state index in [1.54, 1.807) is 0 Å². The average Bonchev–Trinajstić information content (AvgIpc) is 2.76. The zero-order chi connectivity index (χ0) is 20.0. The van der Waals surface area contributed by atoms with E-state index in [1.165, 1.54) is 0 Å². The second-order valence-electron chi connectivity index (χ2n) is 6.07. The Morgan fingerprint density at radius 3 is 1.82 bits per heavy atom. The Kier molecular flexibility index (Phi) is 9.22. The highest BCUT2D eigenvalue weighted by molar-refractivity contribution is 6.09. The minimum absolute atomic E-state index is 0.501. The van der Waals surface area contributed by atoms with Gasteiger partial charge in [-0.3, -0.25) is 0 Å². The van der Waals surface area contributed by atoms with Gasteiger partial charge in [0.15, 0.2) is 0 Å². The topological polar surface area (TPSA) is 57.7 Å². The van der Waals surface area contributed by atoms with Crippen LogP contribution in [0.1, 0.15) is 30.5 Å². The largest absolute Gasteiger partial charge is 0.489 e. The maximum Gasteiger partial charge on any atom is 0.329 e. The molecule has 3 aromatic rings. The third kappa shape index (κ3) is 6.84. The molecule has 0 atom stereocenters. The van der Waals surface area contributed by atoms with Crippen LogP contribution >= 0.6 is 0 Å². The summed E-state index contributed by atoms with van der Waals surface area (Å²) in [5, 5.41) is 3.11. The summed E-state index contributed by atoms with van der Waals surface area (Å²) in [5.41, 5.74) is 12.7. The maximum absolute atomic E-state index is 9.32. The van der Waals surface area contributed by atoms with Crippen LogP contribution in [0.2, 0.25) is 0 Å². The molecule has 0 aliphatic heterocycles. The molecule has 28 heavy (non-hydrogen) atoms. The summed E-state index contributed by atoms with van der Waals surface area (Å²) < 4.78 is 5.72. The number of nitrogens with zero attached hydrogens (tertiary/aromatic N) is 2. The van der Waals surface area contributed by atoms with Crippen molar-refractivity contribution in [3.63, 3.8) is 0 Å². The third-order valence-corrected chi connectivity index (χ3v) is 4.02. The number of para-hydroxylation sites is 1. The van der Waals surface area contributed by atoms with Crippen LogP contribution in [-0.2, 0) is 6.61 Å². The van der Waals surface area contributed by atoms with Gasteiger partial charge in [0.25, 0.3) is 0 Å². The van der Waals surface area contributed by atoms with Crippen molar-refractivity contribution in [3.8, 4) is 5.75 Å². The zero-order valence-electron chi connectivity index (χ0n) is 16.5. The monoisotopic (exact) mass is 373 g/mol. The van der Waals surface area contributed by atoms with Gasteiger partial charge in [-0.1, -0.05) is 62.4 Å². The molecule has 0 fully saturated rings. The molecule has 0 aliphatic carbocycles. The second kappa shape index (κ2) is 12.2. The van der Waals surface area contributed by atoms with Gasteiger partial charge in [0.1, 0.15) is 12.4 Å². The SMILES string of the molecule is CCNCC.[N-]=[N+]=C(c1ccccc1)c1ccc(COc2ccccc2)cc1. The quantitative estimate of drug-likeness (QED) is 0.362. The van der Waals surface area contributed by atoms with Gasteiger partial charge in [-0.15, -0.1) is 0 Å². The Morgan fingerprint density at radius 2 is 1.32 bits per heavy atom. The van der Waals surface area contributed by atoms with E-state index in [9.17, 15) is 5.53 Å². The van der Waals surface area contributed by atoms with Crippen molar-refractivity contribution in [1.82, 2.24) is 5.32 Å². The van der Waals surface area contributed by atoms with Crippen LogP contribution in [0.5, 0.6) is 5.75 Å². The number of benzene rings is 3. The van der Waals surface area contributed by atoms with Gasteiger partial charge in [-0.05, 0) is 55.1 Å². The molecule has 0 amide bonds. The molecular formula is C24H27N3O. The molecule has 0 heterocycles. The van der Waals surface area contributed by atoms with E-state index in [4.69, 9.17) is 4.74 Å². The van der Waals surface area contributed by atoms with E-state index in [0.29, 0.717) is 12.3 Å². The molecule has 0 spiro atoms. The third-order valence-electron chi connectivity index (χ3n) is 4.02. The summed E-state index contributed by atoms with van der Waals surface area (Å²) in [6, 6.07) is 27.2. The predicted molar refractivity (Wildman–Crippen MR) is 115 cm³/mol. The van der Waals surface area contributed by atoms with Crippen molar-refractivity contribution in [1.29, 1.82) is 0 Å². The van der Waals surface area contributed by atoms with Crippen molar-refractivity contribution in [2.45, 2.75) is 20.5 Å². The summed E-state index contributed by atoms with van der Waals surface area (Å²) in [6.45, 7) is 6.89. The summed E-state index contributed by atoms with van der Waals surface area (Å²) >= 11 is 0. The smallest absolute Gasteiger partial charge is 0.329 e. The van der Waals surface area contributed by atoms with Gasteiger partial charge in [0, 0.05) is 0 Å². The van der Waals surface area contributed by atoms with E-state index in [1.807, 2.05) is 84.9 Å². The van der Waals surface area contributed by atoms with Gasteiger partial charge in [0.2, 0.25) is 0 Å². The molecule has 0 unspecified atom stereocenters. The van der Waals surface area contributed by atoms with E-state index in [2.05, 4.69) is 24.0 Å². The first-order valence-corrected chi connectivity index (χ1v) is 9.53. The molecule has 0 aromatic heterocycles. The van der Waals surface area contributed by atoms with Gasteiger partial charge >= 0.3 is 5.71 Å². The van der Waals surface area contributed by atoms with Crippen LogP contribution in [0.3, 0.4) is 0 Å². The molecule has 3 aromatic carbocycles. The Balaban J connectivity index is 0.000000500. The van der Waals surface area contributed by atoms with Crippen molar-refractivity contribution < 1.29 is 9.53 Å². The van der Waals surface area contributed by atoms with Gasteiger partial charge in [0.05, 0.1) is 11.1 Å². The summed E-state index contributed by atoms with van der Waals surface area (Å²) in [6.07, 6.45) is 0. The lowest BCUT2D eigenvalue weighted by Gasteiger charge is -2.06. The normalized spacial score (nSPS) is 9.64. The zero-order valence-corrected chi connectivity index (χ0v) is 16.5. The number of nitrogens with one attached hydrogen (secondary N) is 1. The molecule has 1 N–H and O–H groups in total. The minimum Gasteiger partial charge on any atom is -0.489 e. The molecule has 0 radical (unpaired) electrons. The van der Waals surface area contributed by atoms with Crippen molar-refractivity contribution in [2.75, 3.05) is 13.1 Å². The molecule has 4 heteroatoms. The summed E-state index contributed by atoms with van der Waals surface area (Å²) in [4.78, 5) is 3.44. The molecule has 4 nitrogen and oxygen atoms in total. The van der Waals surface area contributed by atoms with E-state index < -0.39 is 0 Å². The van der Waals surface area contributed by atoms with Gasteiger partial charge in [-0.25, -0.2) is 0 Å². The van der Waals surface area contributed by atoms with Gasteiger partial charge in [-0.2, -0.15) is 4.79 Å². The lowest BCUT2D eigenvalue weighted by Crippen LogP contribution is -2.09. The van der Waals surface area contributed by atoms with Gasteiger partial charge < -0.3 is 15.6 Å². The standard InChI is InChI=1S/C20H16N2O.C4H11N/c21-22-20(17-7-3-1-4-8-17)18-13-11-16(12-14-18)15-23-19-9-5-2-6-10-19;1-3-5-4-2/h1-14H,15H2;5H,3-4H2,1-2H3. The van der Waals surface area contributed by atoms with Crippen LogP contribution < -0.4 is 10.1 Å². The summed E-state index contributed by atoms with van der Waals surface area (Å²) in [5.74, 6) is 0.846. The first kappa shape index (κ1) is 21.1. The fourth-order valence-electron chi connectivity index (χ4n) is 2.57. The summed E-state index contributed by atoms with van der Waals surface area (Å²) in [7, 11) is 0. The van der Waals surface area contributed by atoms with Crippen molar-refractivity contribution in [2.24, 2.45) is 0 Å². The van der Waals surface area contributed by atoms with Crippen LogP contribution in [0, 0.1) is 0 Å². The lowest BCUT2D eigenvalue weighted by atomic mass is 10.0. The molecule has 3 rings (SSSR count). The highest BCUT2D eigenvalue weighted by atomic mass is 16.5. The highest BCUT2D eigenvalue weighted by Gasteiger charge is 2.14. The molecule has 0 saturated heterocycles. The number of hydrogen-bond acceptors (Lipinski definition) is 2. The van der Waals surface area contributed by atoms with Crippen molar-refractivity contribution in [3.05, 3.63) is 107 Å². The molecule has 144 valence electrons. The lowest BCUT2D eigenvalue weighted by molar-refractivity contribution is -0.00279. The predicted octanol–water partition coefficient (Wildman–Crippen LogP) is 4.95. The maximum atomic E-state index is 9.32. The highest BCUT2D eigenvalue weighted by Crippen LogP contribution is 2.14. The van der Waals surface area contributed by atoms with Crippen molar-refractivity contribution >= 4 is 5.71 Å². The van der Waals surface area contributed by atoms with E-state index >= 15 is 0 Å². The fourth-order valence-corrected chi connectivity index (χ4v) is 2.57. The Labute approximate surface area is 167 Å². The molecule has 0 bridgehead atoms. The Hall–Kier alpha value is -3.20. The minimum atomic E-state index is 0.501. The molecule has 0 saturated carbocycles.